The normalized spacial score (nSPS) is 24.8. The fourth-order valence-corrected chi connectivity index (χ4v) is 8.55. The molecule has 0 radical (unpaired) electrons. The van der Waals surface area contributed by atoms with Gasteiger partial charge in [0, 0.05) is 26.2 Å². The number of likely N-dealkylation sites (tertiary alicyclic amines) is 4. The van der Waals surface area contributed by atoms with Gasteiger partial charge in [-0.25, -0.2) is 22.7 Å². The van der Waals surface area contributed by atoms with E-state index in [1.165, 1.54) is 26.5 Å². The summed E-state index contributed by atoms with van der Waals surface area (Å²) in [5, 5.41) is 18.5. The Hall–Kier alpha value is -4.09. The standard InChI is InChI=1S/C20H27N3O6S.C13H21N3O4/c1-14(21-30(28,29)13-15-7-3-2-4-8-15)18(24)22-11-5-9-16(22)19(25)23-12-6-10-17(23)20(26)27;1-8(14)11(17)15-6-2-4-9(15)12(18)16-7-3-5-10(16)13(19)20/h2-4,7-8,14,16-17,21H,5-6,9-13H2,1H3,(H,26,27);8-10H,2-7,14H2,1H3,(H,19,20)/t14-,16-,17-;8-,9-,10-/m00/s1. The van der Waals surface area contributed by atoms with E-state index in [1.807, 2.05) is 0 Å². The molecule has 0 spiro atoms. The minimum Gasteiger partial charge on any atom is -0.480 e. The maximum Gasteiger partial charge on any atom is 0.326 e. The van der Waals surface area contributed by atoms with Crippen molar-refractivity contribution in [3.63, 3.8) is 0 Å². The predicted octanol–water partition coefficient (Wildman–Crippen LogP) is -0.0387. The SMILES string of the molecule is C[C@H](N)C(=O)N1CCC[C@H]1C(=O)N1CCC[C@H]1C(=O)O.C[C@H](NS(=O)(=O)Cc1ccccc1)C(=O)N1CCC[C@H]1C(=O)N1CCC[C@H]1C(=O)O. The Balaban J connectivity index is 0.000000244. The summed E-state index contributed by atoms with van der Waals surface area (Å²) in [6.07, 6.45) is 4.57. The third kappa shape index (κ3) is 9.17. The average Bonchev–Trinajstić information content (AvgIpc) is 3.90. The third-order valence-corrected chi connectivity index (χ3v) is 11.0. The zero-order chi connectivity index (χ0) is 36.7. The highest BCUT2D eigenvalue weighted by molar-refractivity contribution is 7.88. The van der Waals surface area contributed by atoms with E-state index in [4.69, 9.17) is 10.8 Å². The molecule has 4 heterocycles. The first-order chi connectivity index (χ1) is 23.6. The molecule has 0 aromatic heterocycles. The molecule has 0 aliphatic carbocycles. The number of rotatable bonds is 10. The highest BCUT2D eigenvalue weighted by Crippen LogP contribution is 2.27. The van der Waals surface area contributed by atoms with Gasteiger partial charge in [0.05, 0.1) is 17.8 Å². The van der Waals surface area contributed by atoms with Crippen LogP contribution < -0.4 is 10.5 Å². The van der Waals surface area contributed by atoms with E-state index in [2.05, 4.69) is 4.72 Å². The summed E-state index contributed by atoms with van der Waals surface area (Å²) in [5.41, 5.74) is 6.20. The molecule has 0 saturated carbocycles. The summed E-state index contributed by atoms with van der Waals surface area (Å²) >= 11 is 0. The van der Waals surface area contributed by atoms with Gasteiger partial charge in [-0.2, -0.15) is 0 Å². The Morgan fingerprint density at radius 1 is 0.700 bits per heavy atom. The molecule has 1 aromatic carbocycles. The van der Waals surface area contributed by atoms with Crippen LogP contribution in [0.5, 0.6) is 0 Å². The number of sulfonamides is 1. The molecule has 0 unspecified atom stereocenters. The molecule has 0 bridgehead atoms. The van der Waals surface area contributed by atoms with Crippen LogP contribution in [0.2, 0.25) is 0 Å². The third-order valence-electron chi connectivity index (χ3n) is 9.60. The van der Waals surface area contributed by atoms with Gasteiger partial charge in [-0.15, -0.1) is 0 Å². The smallest absolute Gasteiger partial charge is 0.326 e. The van der Waals surface area contributed by atoms with E-state index in [1.54, 1.807) is 37.3 Å². The second-order valence-electron chi connectivity index (χ2n) is 13.3. The number of amides is 4. The van der Waals surface area contributed by atoms with Crippen molar-refractivity contribution in [3.8, 4) is 0 Å². The molecule has 5 N–H and O–H groups in total. The minimum absolute atomic E-state index is 0.244. The molecule has 4 fully saturated rings. The number of nitrogens with two attached hydrogens (primary N) is 1. The van der Waals surface area contributed by atoms with Crippen molar-refractivity contribution in [1.29, 1.82) is 0 Å². The molecule has 4 aliphatic heterocycles. The number of aliphatic carboxylic acids is 2. The number of hydrogen-bond donors (Lipinski definition) is 4. The van der Waals surface area contributed by atoms with Crippen LogP contribution in [-0.4, -0.2) is 136 Å². The van der Waals surface area contributed by atoms with Crippen LogP contribution >= 0.6 is 0 Å². The molecule has 17 heteroatoms. The maximum atomic E-state index is 13.0. The van der Waals surface area contributed by atoms with Crippen LogP contribution in [0.25, 0.3) is 0 Å². The molecular weight excluding hydrogens is 672 g/mol. The van der Waals surface area contributed by atoms with E-state index >= 15 is 0 Å². The van der Waals surface area contributed by atoms with E-state index in [0.717, 1.165) is 6.42 Å². The lowest BCUT2D eigenvalue weighted by molar-refractivity contribution is -0.152. The van der Waals surface area contributed by atoms with Crippen LogP contribution in [-0.2, 0) is 44.5 Å². The second-order valence-corrected chi connectivity index (χ2v) is 15.1. The Bertz CT molecular complexity index is 1540. The van der Waals surface area contributed by atoms with E-state index in [0.29, 0.717) is 76.7 Å². The van der Waals surface area contributed by atoms with Gasteiger partial charge in [0.1, 0.15) is 24.2 Å². The molecule has 6 atom stereocenters. The monoisotopic (exact) mass is 720 g/mol. The zero-order valence-corrected chi connectivity index (χ0v) is 29.3. The zero-order valence-electron chi connectivity index (χ0n) is 28.5. The summed E-state index contributed by atoms with van der Waals surface area (Å²) in [6, 6.07) is 4.06. The lowest BCUT2D eigenvalue weighted by Crippen LogP contribution is -2.54. The number of benzene rings is 1. The molecular formula is C33H48N6O10S. The summed E-state index contributed by atoms with van der Waals surface area (Å²) in [4.78, 5) is 78.6. The summed E-state index contributed by atoms with van der Waals surface area (Å²) in [6.45, 7) is 4.72. The van der Waals surface area contributed by atoms with Gasteiger partial charge in [0.15, 0.2) is 0 Å². The van der Waals surface area contributed by atoms with E-state index < -0.39 is 64.1 Å². The molecule has 4 saturated heterocycles. The summed E-state index contributed by atoms with van der Waals surface area (Å²) in [5.74, 6) is -3.60. The average molecular weight is 721 g/mol. The van der Waals surface area contributed by atoms with Gasteiger partial charge in [0.25, 0.3) is 0 Å². The van der Waals surface area contributed by atoms with Crippen LogP contribution in [0, 0.1) is 0 Å². The van der Waals surface area contributed by atoms with Gasteiger partial charge in [-0.3, -0.25) is 19.2 Å². The Morgan fingerprint density at radius 2 is 1.10 bits per heavy atom. The van der Waals surface area contributed by atoms with Crippen molar-refractivity contribution in [2.24, 2.45) is 5.73 Å². The highest BCUT2D eigenvalue weighted by Gasteiger charge is 2.44. The number of nitrogens with one attached hydrogen (secondary N) is 1. The second kappa shape index (κ2) is 16.7. The van der Waals surface area contributed by atoms with Gasteiger partial charge < -0.3 is 35.5 Å². The minimum atomic E-state index is -3.75. The van der Waals surface area contributed by atoms with Crippen LogP contribution in [0.3, 0.4) is 0 Å². The molecule has 5 rings (SSSR count). The first kappa shape index (κ1) is 38.7. The van der Waals surface area contributed by atoms with Crippen molar-refractivity contribution in [1.82, 2.24) is 24.3 Å². The molecule has 4 amide bonds. The van der Waals surface area contributed by atoms with Crippen molar-refractivity contribution >= 4 is 45.6 Å². The predicted molar refractivity (Wildman–Crippen MR) is 180 cm³/mol. The first-order valence-corrected chi connectivity index (χ1v) is 18.7. The molecule has 50 heavy (non-hydrogen) atoms. The van der Waals surface area contributed by atoms with Crippen molar-refractivity contribution in [2.75, 3.05) is 26.2 Å². The lowest BCUT2D eigenvalue weighted by atomic mass is 10.1. The lowest BCUT2D eigenvalue weighted by Gasteiger charge is -2.31. The molecule has 1 aromatic rings. The number of carbonyl (C=O) groups is 6. The number of hydrogen-bond acceptors (Lipinski definition) is 9. The molecule has 276 valence electrons. The number of carboxylic acids is 2. The van der Waals surface area contributed by atoms with Crippen molar-refractivity contribution in [2.45, 2.75) is 107 Å². The van der Waals surface area contributed by atoms with Crippen LogP contribution in [0.15, 0.2) is 30.3 Å². The highest BCUT2D eigenvalue weighted by atomic mass is 32.2. The molecule has 4 aliphatic rings. The van der Waals surface area contributed by atoms with Crippen molar-refractivity contribution < 1.29 is 47.4 Å². The number of carboxylic acid groups (broad SMARTS) is 2. The molecule has 16 nitrogen and oxygen atoms in total. The number of nitrogens with zero attached hydrogens (tertiary/aromatic N) is 4. The first-order valence-electron chi connectivity index (χ1n) is 17.1. The fraction of sp³-hybridized carbons (Fsp3) is 0.636. The Morgan fingerprint density at radius 3 is 1.52 bits per heavy atom. The van der Waals surface area contributed by atoms with E-state index in [9.17, 15) is 42.3 Å². The van der Waals surface area contributed by atoms with Gasteiger partial charge in [0.2, 0.25) is 33.7 Å². The van der Waals surface area contributed by atoms with Crippen LogP contribution in [0.4, 0.5) is 0 Å². The van der Waals surface area contributed by atoms with Gasteiger partial charge in [-0.1, -0.05) is 30.3 Å². The maximum absolute atomic E-state index is 13.0. The summed E-state index contributed by atoms with van der Waals surface area (Å²) < 4.78 is 27.3. The number of carbonyl (C=O) groups excluding carboxylic acids is 4. The quantitative estimate of drug-likeness (QED) is 0.251. The van der Waals surface area contributed by atoms with Gasteiger partial charge >= 0.3 is 11.9 Å². The van der Waals surface area contributed by atoms with Crippen LogP contribution in [0.1, 0.15) is 70.8 Å². The summed E-state index contributed by atoms with van der Waals surface area (Å²) in [7, 11) is -3.75. The topological polar surface area (TPSA) is 228 Å². The Kier molecular flexibility index (Phi) is 13.0. The Labute approximate surface area is 292 Å². The fourth-order valence-electron chi connectivity index (χ4n) is 7.20. The van der Waals surface area contributed by atoms with Gasteiger partial charge in [-0.05, 0) is 70.8 Å². The van der Waals surface area contributed by atoms with E-state index in [-0.39, 0.29) is 23.5 Å². The largest absolute Gasteiger partial charge is 0.480 e. The van der Waals surface area contributed by atoms with Crippen molar-refractivity contribution in [3.05, 3.63) is 35.9 Å².